The summed E-state index contributed by atoms with van der Waals surface area (Å²) in [4.78, 5) is 12.1. The second-order valence-corrected chi connectivity index (χ2v) is 9.37. The fraction of sp³-hybridized carbons (Fsp3) is 0.343. The summed E-state index contributed by atoms with van der Waals surface area (Å²) in [7, 11) is 0. The molecule has 0 saturated carbocycles. The number of carbonyl (C=O) groups is 1. The average molecular weight is 597 g/mol. The first-order chi connectivity index (χ1) is 21.1. The first-order valence-electron chi connectivity index (χ1n) is 14.2. The standard InChI is InChI=1S/C31H37FO6.C3H6.CH2O/c1-24(23-33)25-7-11-28(12-8-25)35-18-19-37-30-15-16-31(27(22-30)6-4-2-3-5-17-32)26-9-13-29(14-10-26)36-20-21-38-34;1-3-2;1-2/h7-13,15-16,18-19,22,29,33-34H,1-6,14,17,20-21,23H2;3H,1H2,2H3;1H2/b19-18-;;. The number of allylic oxidation sites excluding steroid dienone is 3. The highest BCUT2D eigenvalue weighted by Crippen LogP contribution is 2.30. The number of aliphatic hydroxyl groups is 1. The maximum Gasteiger partial charge on any atom is 0.127 e. The summed E-state index contributed by atoms with van der Waals surface area (Å²) in [6.07, 6.45) is 16.0. The van der Waals surface area contributed by atoms with Gasteiger partial charge < -0.3 is 24.1 Å². The van der Waals surface area contributed by atoms with Crippen LogP contribution in [0.15, 0.2) is 92.5 Å². The van der Waals surface area contributed by atoms with Gasteiger partial charge in [-0.05, 0) is 84.7 Å². The van der Waals surface area contributed by atoms with Crippen molar-refractivity contribution in [1.82, 2.24) is 0 Å². The van der Waals surface area contributed by atoms with Crippen LogP contribution in [0, 0.1) is 0 Å². The summed E-state index contributed by atoms with van der Waals surface area (Å²) in [6, 6.07) is 13.3. The van der Waals surface area contributed by atoms with Gasteiger partial charge in [0.2, 0.25) is 0 Å². The molecule has 1 unspecified atom stereocenters. The number of hydrogen-bond acceptors (Lipinski definition) is 7. The Kier molecular flexibility index (Phi) is 20.5. The molecule has 43 heavy (non-hydrogen) atoms. The lowest BCUT2D eigenvalue weighted by molar-refractivity contribution is -0.250. The molecule has 0 heterocycles. The number of aliphatic hydroxyl groups excluding tert-OH is 1. The molecule has 7 nitrogen and oxygen atoms in total. The Morgan fingerprint density at radius 3 is 2.26 bits per heavy atom. The lowest BCUT2D eigenvalue weighted by Gasteiger charge is -2.19. The Morgan fingerprint density at radius 2 is 1.65 bits per heavy atom. The third kappa shape index (κ3) is 14.8. The minimum absolute atomic E-state index is 0.0458. The zero-order valence-electron chi connectivity index (χ0n) is 25.1. The number of carbonyl (C=O) groups excluding carboxylic acids is 1. The van der Waals surface area contributed by atoms with Crippen molar-refractivity contribution in [2.45, 2.75) is 51.6 Å². The van der Waals surface area contributed by atoms with E-state index in [0.717, 1.165) is 48.8 Å². The second-order valence-electron chi connectivity index (χ2n) is 9.37. The van der Waals surface area contributed by atoms with Crippen LogP contribution in [0.3, 0.4) is 0 Å². The Hall–Kier alpha value is -3.82. The smallest absolute Gasteiger partial charge is 0.127 e. The predicted molar refractivity (Wildman–Crippen MR) is 171 cm³/mol. The van der Waals surface area contributed by atoms with E-state index >= 15 is 0 Å². The van der Waals surface area contributed by atoms with Crippen LogP contribution in [0.5, 0.6) is 11.5 Å². The van der Waals surface area contributed by atoms with Crippen molar-refractivity contribution in [3.8, 4) is 11.5 Å². The third-order valence-corrected chi connectivity index (χ3v) is 6.20. The van der Waals surface area contributed by atoms with Gasteiger partial charge in [-0.3, -0.25) is 9.65 Å². The van der Waals surface area contributed by atoms with Crippen LogP contribution < -0.4 is 9.47 Å². The minimum Gasteiger partial charge on any atom is -0.462 e. The van der Waals surface area contributed by atoms with Crippen molar-refractivity contribution in [2.24, 2.45) is 0 Å². The van der Waals surface area contributed by atoms with Gasteiger partial charge in [0.05, 0.1) is 26.0 Å². The highest BCUT2D eigenvalue weighted by atomic mass is 19.1. The van der Waals surface area contributed by atoms with E-state index < -0.39 is 0 Å². The second kappa shape index (κ2) is 23.7. The van der Waals surface area contributed by atoms with Crippen LogP contribution in [-0.4, -0.2) is 49.8 Å². The summed E-state index contributed by atoms with van der Waals surface area (Å²) in [5, 5.41) is 17.6. The van der Waals surface area contributed by atoms with Crippen LogP contribution in [-0.2, 0) is 20.8 Å². The maximum absolute atomic E-state index is 12.5. The zero-order chi connectivity index (χ0) is 31.7. The number of aryl methyl sites for hydroxylation is 1. The van der Waals surface area contributed by atoms with Gasteiger partial charge in [0.1, 0.15) is 37.4 Å². The number of unbranched alkanes of at least 4 members (excludes halogenated alkanes) is 3. The molecule has 2 aromatic carbocycles. The Morgan fingerprint density at radius 1 is 1.00 bits per heavy atom. The summed E-state index contributed by atoms with van der Waals surface area (Å²) >= 11 is 0. The van der Waals surface area contributed by atoms with E-state index in [4.69, 9.17) is 24.3 Å². The lowest BCUT2D eigenvalue weighted by Crippen LogP contribution is -2.15. The molecule has 2 aromatic rings. The quantitative estimate of drug-likeness (QED) is 0.0630. The fourth-order valence-electron chi connectivity index (χ4n) is 4.13. The molecule has 3 rings (SSSR count). The molecule has 0 aromatic heterocycles. The zero-order valence-corrected chi connectivity index (χ0v) is 25.1. The van der Waals surface area contributed by atoms with Crippen LogP contribution >= 0.6 is 0 Å². The molecule has 8 heteroatoms. The monoisotopic (exact) mass is 596 g/mol. The van der Waals surface area contributed by atoms with Gasteiger partial charge in [-0.2, -0.15) is 0 Å². The molecule has 0 aliphatic heterocycles. The number of halogens is 1. The maximum atomic E-state index is 12.5. The topological polar surface area (TPSA) is 94.5 Å². The molecular formula is C35H45FO7. The third-order valence-electron chi connectivity index (χ3n) is 6.20. The van der Waals surface area contributed by atoms with E-state index in [0.29, 0.717) is 30.1 Å². The van der Waals surface area contributed by atoms with Crippen molar-refractivity contribution < 1.29 is 38.6 Å². The number of hydrogen-bond donors (Lipinski definition) is 2. The predicted octanol–water partition coefficient (Wildman–Crippen LogP) is 7.92. The SMILES string of the molecule is C=C(CO)c1ccc(O/C=C\Oc2ccc(C3=CCC(OCCOO)C=C3)c(CCCCCCF)c2)cc1.C=CC.C=O. The molecule has 1 atom stereocenters. The molecule has 0 spiro atoms. The van der Waals surface area contributed by atoms with Crippen molar-refractivity contribution in [3.05, 3.63) is 109 Å². The first-order valence-corrected chi connectivity index (χ1v) is 14.2. The lowest BCUT2D eigenvalue weighted by atomic mass is 9.92. The molecule has 234 valence electrons. The van der Waals surface area contributed by atoms with Crippen LogP contribution in [0.25, 0.3) is 11.1 Å². The van der Waals surface area contributed by atoms with Gasteiger partial charge in [0, 0.05) is 0 Å². The summed E-state index contributed by atoms with van der Waals surface area (Å²) in [5.74, 6) is 1.35. The van der Waals surface area contributed by atoms with Gasteiger partial charge in [0.25, 0.3) is 0 Å². The number of alkyl halides is 1. The Balaban J connectivity index is 0.00000174. The molecule has 1 aliphatic rings. The number of ether oxygens (including phenoxy) is 3. The van der Waals surface area contributed by atoms with E-state index in [2.05, 4.69) is 36.3 Å². The van der Waals surface area contributed by atoms with Gasteiger partial charge in [-0.15, -0.1) is 6.58 Å². The molecular weight excluding hydrogens is 551 g/mol. The fourth-order valence-corrected chi connectivity index (χ4v) is 4.13. The molecule has 0 amide bonds. The first kappa shape index (κ1) is 37.2. The van der Waals surface area contributed by atoms with E-state index in [9.17, 15) is 9.50 Å². The minimum atomic E-state index is -0.267. The number of benzene rings is 2. The Labute approximate surface area is 255 Å². The largest absolute Gasteiger partial charge is 0.462 e. The molecule has 0 bridgehead atoms. The molecule has 2 N–H and O–H groups in total. The van der Waals surface area contributed by atoms with Crippen molar-refractivity contribution in [1.29, 1.82) is 0 Å². The highest BCUT2D eigenvalue weighted by Gasteiger charge is 2.14. The molecule has 1 aliphatic carbocycles. The summed E-state index contributed by atoms with van der Waals surface area (Å²) in [5.41, 5.74) is 4.94. The van der Waals surface area contributed by atoms with Crippen LogP contribution in [0.2, 0.25) is 0 Å². The van der Waals surface area contributed by atoms with Crippen LogP contribution in [0.1, 0.15) is 55.7 Å². The summed E-state index contributed by atoms with van der Waals surface area (Å²) < 4.78 is 29.6. The van der Waals surface area contributed by atoms with E-state index in [1.807, 2.05) is 44.1 Å². The van der Waals surface area contributed by atoms with Crippen molar-refractivity contribution in [3.63, 3.8) is 0 Å². The molecule has 0 radical (unpaired) electrons. The van der Waals surface area contributed by atoms with Crippen molar-refractivity contribution in [2.75, 3.05) is 26.5 Å². The normalized spacial score (nSPS) is 13.7. The summed E-state index contributed by atoms with van der Waals surface area (Å²) in [6.45, 7) is 11.2. The van der Waals surface area contributed by atoms with Crippen LogP contribution in [0.4, 0.5) is 4.39 Å². The molecule has 0 fully saturated rings. The van der Waals surface area contributed by atoms with Gasteiger partial charge in [0.15, 0.2) is 0 Å². The number of rotatable bonds is 17. The van der Waals surface area contributed by atoms with E-state index in [1.165, 1.54) is 18.1 Å². The van der Waals surface area contributed by atoms with Crippen molar-refractivity contribution >= 4 is 17.9 Å². The van der Waals surface area contributed by atoms with E-state index in [-0.39, 0.29) is 26.0 Å². The van der Waals surface area contributed by atoms with Gasteiger partial charge in [-0.25, -0.2) is 4.89 Å². The van der Waals surface area contributed by atoms with Gasteiger partial charge >= 0.3 is 0 Å². The highest BCUT2D eigenvalue weighted by molar-refractivity contribution is 5.77. The van der Waals surface area contributed by atoms with E-state index in [1.54, 1.807) is 18.2 Å². The molecule has 0 saturated heterocycles. The van der Waals surface area contributed by atoms with Gasteiger partial charge in [-0.1, -0.05) is 61.9 Å². The average Bonchev–Trinajstić information content (AvgIpc) is 3.05. The Bertz CT molecular complexity index is 1160.